The van der Waals surface area contributed by atoms with Crippen LogP contribution in [-0.4, -0.2) is 39.0 Å². The number of thioether (sulfide) groups is 1. The summed E-state index contributed by atoms with van der Waals surface area (Å²) < 4.78 is 1.87. The quantitative estimate of drug-likeness (QED) is 0.788. The highest BCUT2D eigenvalue weighted by atomic mass is 32.2. The summed E-state index contributed by atoms with van der Waals surface area (Å²) in [6.07, 6.45) is 0.815. The highest BCUT2D eigenvalue weighted by molar-refractivity contribution is 7.99. The average Bonchev–Trinajstić information content (AvgIpc) is 2.92. The maximum absolute atomic E-state index is 11.8. The van der Waals surface area contributed by atoms with Gasteiger partial charge in [0.25, 0.3) is 0 Å². The van der Waals surface area contributed by atoms with Crippen LogP contribution in [0.2, 0.25) is 0 Å². The first-order valence-corrected chi connectivity index (χ1v) is 8.28. The molecule has 3 amide bonds. The Bertz CT molecular complexity index is 672. The third-order valence-corrected chi connectivity index (χ3v) is 3.86. The number of carbonyl (C=O) groups is 2. The molecule has 0 unspecified atom stereocenters. The summed E-state index contributed by atoms with van der Waals surface area (Å²) in [7, 11) is 0. The van der Waals surface area contributed by atoms with Gasteiger partial charge in [0.1, 0.15) is 5.82 Å². The monoisotopic (exact) mass is 333 g/mol. The van der Waals surface area contributed by atoms with Crippen molar-refractivity contribution in [1.82, 2.24) is 25.4 Å². The number of hydrogen-bond donors (Lipinski definition) is 2. The van der Waals surface area contributed by atoms with E-state index in [9.17, 15) is 9.59 Å². The van der Waals surface area contributed by atoms with Crippen molar-refractivity contribution in [2.24, 2.45) is 0 Å². The summed E-state index contributed by atoms with van der Waals surface area (Å²) >= 11 is 1.23. The molecular formula is C15H19N5O2S. The summed E-state index contributed by atoms with van der Waals surface area (Å²) in [5, 5.41) is 13.6. The van der Waals surface area contributed by atoms with Crippen LogP contribution in [0.15, 0.2) is 35.5 Å². The van der Waals surface area contributed by atoms with Crippen LogP contribution in [0.25, 0.3) is 5.69 Å². The Labute approximate surface area is 138 Å². The van der Waals surface area contributed by atoms with E-state index in [0.29, 0.717) is 11.7 Å². The van der Waals surface area contributed by atoms with E-state index in [4.69, 9.17) is 0 Å². The second kappa shape index (κ2) is 8.33. The van der Waals surface area contributed by atoms with Gasteiger partial charge in [0.05, 0.1) is 5.75 Å². The largest absolute Gasteiger partial charge is 0.338 e. The molecule has 122 valence electrons. The van der Waals surface area contributed by atoms with Crippen LogP contribution >= 0.6 is 11.8 Å². The van der Waals surface area contributed by atoms with Gasteiger partial charge in [0.15, 0.2) is 5.16 Å². The summed E-state index contributed by atoms with van der Waals surface area (Å²) in [5.41, 5.74) is 0.929. The zero-order valence-corrected chi connectivity index (χ0v) is 13.9. The molecule has 1 aromatic carbocycles. The molecule has 1 heterocycles. The molecule has 0 bridgehead atoms. The van der Waals surface area contributed by atoms with Gasteiger partial charge in [-0.15, -0.1) is 10.2 Å². The highest BCUT2D eigenvalue weighted by Gasteiger charge is 2.14. The first-order valence-electron chi connectivity index (χ1n) is 7.29. The van der Waals surface area contributed by atoms with Crippen molar-refractivity contribution >= 4 is 23.7 Å². The molecule has 0 aliphatic heterocycles. The Kier molecular flexibility index (Phi) is 6.16. The molecule has 0 aliphatic rings. The van der Waals surface area contributed by atoms with Gasteiger partial charge in [0.2, 0.25) is 5.91 Å². The smallest absolute Gasteiger partial charge is 0.321 e. The van der Waals surface area contributed by atoms with Crippen LogP contribution < -0.4 is 10.6 Å². The van der Waals surface area contributed by atoms with Gasteiger partial charge in [-0.3, -0.25) is 14.7 Å². The summed E-state index contributed by atoms with van der Waals surface area (Å²) in [6, 6.07) is 9.19. The molecule has 2 rings (SSSR count). The van der Waals surface area contributed by atoms with Crippen molar-refractivity contribution in [3.8, 4) is 5.69 Å². The Hall–Kier alpha value is -2.35. The molecule has 0 atom stereocenters. The van der Waals surface area contributed by atoms with Crippen LogP contribution in [-0.2, 0) is 4.79 Å². The van der Waals surface area contributed by atoms with E-state index in [0.717, 1.165) is 17.9 Å². The second-order valence-electron chi connectivity index (χ2n) is 4.79. The first kappa shape index (κ1) is 17.0. The summed E-state index contributed by atoms with van der Waals surface area (Å²) in [4.78, 5) is 23.2. The van der Waals surface area contributed by atoms with Gasteiger partial charge < -0.3 is 5.32 Å². The molecule has 0 spiro atoms. The fraction of sp³-hybridized carbons (Fsp3) is 0.333. The minimum Gasteiger partial charge on any atom is -0.338 e. The highest BCUT2D eigenvalue weighted by Crippen LogP contribution is 2.21. The number of aryl methyl sites for hydroxylation is 1. The molecular weight excluding hydrogens is 314 g/mol. The fourth-order valence-corrected chi connectivity index (χ4v) is 2.68. The van der Waals surface area contributed by atoms with Gasteiger partial charge in [-0.2, -0.15) is 0 Å². The lowest BCUT2D eigenvalue weighted by Crippen LogP contribution is -2.40. The topological polar surface area (TPSA) is 88.9 Å². The molecule has 0 radical (unpaired) electrons. The van der Waals surface area contributed by atoms with Crippen LogP contribution in [0.4, 0.5) is 4.79 Å². The van der Waals surface area contributed by atoms with Crippen molar-refractivity contribution in [3.63, 3.8) is 0 Å². The van der Waals surface area contributed by atoms with Gasteiger partial charge in [-0.25, -0.2) is 4.79 Å². The van der Waals surface area contributed by atoms with Gasteiger partial charge in [-0.05, 0) is 25.5 Å². The maximum atomic E-state index is 11.8. The predicted molar refractivity (Wildman–Crippen MR) is 88.7 cm³/mol. The number of benzene rings is 1. The van der Waals surface area contributed by atoms with Crippen molar-refractivity contribution in [2.45, 2.75) is 25.4 Å². The van der Waals surface area contributed by atoms with Crippen molar-refractivity contribution in [3.05, 3.63) is 36.2 Å². The van der Waals surface area contributed by atoms with Crippen molar-refractivity contribution in [1.29, 1.82) is 0 Å². The molecule has 0 saturated carbocycles. The lowest BCUT2D eigenvalue weighted by atomic mass is 10.3. The normalized spacial score (nSPS) is 10.3. The fourth-order valence-electron chi connectivity index (χ4n) is 1.89. The first-order chi connectivity index (χ1) is 11.1. The zero-order chi connectivity index (χ0) is 16.7. The number of hydrogen-bond acceptors (Lipinski definition) is 5. The molecule has 1 aromatic heterocycles. The van der Waals surface area contributed by atoms with Crippen LogP contribution in [0.1, 0.15) is 19.2 Å². The van der Waals surface area contributed by atoms with E-state index in [2.05, 4.69) is 20.8 Å². The summed E-state index contributed by atoms with van der Waals surface area (Å²) in [5.74, 6) is 0.452. The van der Waals surface area contributed by atoms with E-state index >= 15 is 0 Å². The third-order valence-electron chi connectivity index (χ3n) is 2.93. The number of nitrogens with one attached hydrogen (secondary N) is 2. The zero-order valence-electron chi connectivity index (χ0n) is 13.1. The lowest BCUT2D eigenvalue weighted by molar-refractivity contribution is -0.117. The molecule has 8 heteroatoms. The Balaban J connectivity index is 1.97. The average molecular weight is 333 g/mol. The van der Waals surface area contributed by atoms with Gasteiger partial charge in [0, 0.05) is 12.2 Å². The number of imide groups is 1. The SMILES string of the molecule is CCCNC(=O)NC(=O)CSc1nnc(C)n1-c1ccccc1. The van der Waals surface area contributed by atoms with Crippen molar-refractivity contribution < 1.29 is 9.59 Å². The van der Waals surface area contributed by atoms with E-state index in [1.165, 1.54) is 11.8 Å². The number of amides is 3. The minimum absolute atomic E-state index is 0.0878. The lowest BCUT2D eigenvalue weighted by Gasteiger charge is -2.08. The molecule has 2 N–H and O–H groups in total. The Morgan fingerprint density at radius 3 is 2.65 bits per heavy atom. The molecule has 0 saturated heterocycles. The number of nitrogens with zero attached hydrogens (tertiary/aromatic N) is 3. The number of para-hydroxylation sites is 1. The third kappa shape index (κ3) is 4.82. The van der Waals surface area contributed by atoms with Crippen LogP contribution in [0.3, 0.4) is 0 Å². The number of aromatic nitrogens is 3. The van der Waals surface area contributed by atoms with Crippen LogP contribution in [0, 0.1) is 6.92 Å². The molecule has 2 aromatic rings. The Morgan fingerprint density at radius 1 is 1.22 bits per heavy atom. The minimum atomic E-state index is -0.474. The van der Waals surface area contributed by atoms with Crippen LogP contribution in [0.5, 0.6) is 0 Å². The van der Waals surface area contributed by atoms with Gasteiger partial charge >= 0.3 is 6.03 Å². The molecule has 7 nitrogen and oxygen atoms in total. The molecule has 23 heavy (non-hydrogen) atoms. The van der Waals surface area contributed by atoms with Gasteiger partial charge in [-0.1, -0.05) is 36.9 Å². The molecule has 0 aliphatic carbocycles. The van der Waals surface area contributed by atoms with E-state index in [1.807, 2.05) is 48.7 Å². The van der Waals surface area contributed by atoms with E-state index in [1.54, 1.807) is 0 Å². The Morgan fingerprint density at radius 2 is 1.96 bits per heavy atom. The predicted octanol–water partition coefficient (Wildman–Crippen LogP) is 1.90. The second-order valence-corrected chi connectivity index (χ2v) is 5.74. The number of urea groups is 1. The molecule has 0 fully saturated rings. The standard InChI is InChI=1S/C15H19N5O2S/c1-3-9-16-14(22)17-13(21)10-23-15-19-18-11(2)20(15)12-7-5-4-6-8-12/h4-8H,3,9-10H2,1-2H3,(H2,16,17,21,22). The number of rotatable bonds is 6. The van der Waals surface area contributed by atoms with Crippen molar-refractivity contribution in [2.75, 3.05) is 12.3 Å². The maximum Gasteiger partial charge on any atom is 0.321 e. The summed E-state index contributed by atoms with van der Waals surface area (Å²) in [6.45, 7) is 4.33. The number of carbonyl (C=O) groups excluding carboxylic acids is 2. The van der Waals surface area contributed by atoms with E-state index in [-0.39, 0.29) is 11.7 Å². The van der Waals surface area contributed by atoms with E-state index < -0.39 is 6.03 Å².